The van der Waals surface area contributed by atoms with E-state index < -0.39 is 17.3 Å². The number of nitrogens with zero attached hydrogens (tertiary/aromatic N) is 3. The summed E-state index contributed by atoms with van der Waals surface area (Å²) in [7, 11) is 0. The highest BCUT2D eigenvalue weighted by molar-refractivity contribution is 5.69. The SMILES string of the molecule is CC(C)(C)OC(=O)N1CC(O)(CN2CCN(C(=O)OCc3ccccc3)CC2)C1. The Morgan fingerprint density at radius 1 is 1.00 bits per heavy atom. The van der Waals surface area contributed by atoms with Crippen molar-refractivity contribution < 1.29 is 24.2 Å². The highest BCUT2D eigenvalue weighted by Gasteiger charge is 2.46. The van der Waals surface area contributed by atoms with Crippen LogP contribution in [0.15, 0.2) is 30.3 Å². The number of hydrogen-bond donors (Lipinski definition) is 1. The number of likely N-dealkylation sites (tertiary alicyclic amines) is 1. The highest BCUT2D eigenvalue weighted by Crippen LogP contribution is 2.25. The van der Waals surface area contributed by atoms with E-state index in [1.54, 1.807) is 4.90 Å². The third-order valence-corrected chi connectivity index (χ3v) is 4.98. The zero-order valence-corrected chi connectivity index (χ0v) is 17.5. The van der Waals surface area contributed by atoms with Crippen molar-refractivity contribution in [3.63, 3.8) is 0 Å². The average Bonchev–Trinajstić information content (AvgIpc) is 2.64. The Bertz CT molecular complexity index is 705. The summed E-state index contributed by atoms with van der Waals surface area (Å²) in [6, 6.07) is 9.59. The van der Waals surface area contributed by atoms with Crippen molar-refractivity contribution in [1.82, 2.24) is 14.7 Å². The van der Waals surface area contributed by atoms with E-state index in [0.717, 1.165) is 5.56 Å². The van der Waals surface area contributed by atoms with E-state index in [9.17, 15) is 14.7 Å². The van der Waals surface area contributed by atoms with E-state index in [0.29, 0.717) is 32.7 Å². The first-order valence-corrected chi connectivity index (χ1v) is 10.0. The fraction of sp³-hybridized carbons (Fsp3) is 0.619. The molecule has 2 amide bonds. The van der Waals surface area contributed by atoms with E-state index in [2.05, 4.69) is 4.90 Å². The Balaban J connectivity index is 1.37. The van der Waals surface area contributed by atoms with Gasteiger partial charge >= 0.3 is 12.2 Å². The lowest BCUT2D eigenvalue weighted by atomic mass is 9.93. The summed E-state index contributed by atoms with van der Waals surface area (Å²) in [5.41, 5.74) is -0.510. The monoisotopic (exact) mass is 405 g/mol. The molecule has 1 aromatic carbocycles. The number of carbonyl (C=O) groups excluding carboxylic acids is 2. The van der Waals surface area contributed by atoms with Crippen LogP contribution in [0.2, 0.25) is 0 Å². The number of aliphatic hydroxyl groups is 1. The number of amides is 2. The molecule has 2 aliphatic heterocycles. The summed E-state index contributed by atoms with van der Waals surface area (Å²) in [5, 5.41) is 10.7. The molecule has 29 heavy (non-hydrogen) atoms. The van der Waals surface area contributed by atoms with Crippen LogP contribution in [0.5, 0.6) is 0 Å². The van der Waals surface area contributed by atoms with E-state index >= 15 is 0 Å². The summed E-state index contributed by atoms with van der Waals surface area (Å²) < 4.78 is 10.7. The fourth-order valence-corrected chi connectivity index (χ4v) is 3.54. The van der Waals surface area contributed by atoms with Gasteiger partial charge < -0.3 is 24.4 Å². The first-order chi connectivity index (χ1) is 13.6. The molecular weight excluding hydrogens is 374 g/mol. The molecule has 2 saturated heterocycles. The molecule has 1 N–H and O–H groups in total. The zero-order chi connectivity index (χ0) is 21.1. The van der Waals surface area contributed by atoms with Crippen LogP contribution in [0.1, 0.15) is 26.3 Å². The molecule has 2 heterocycles. The summed E-state index contributed by atoms with van der Waals surface area (Å²) in [6.45, 7) is 9.16. The summed E-state index contributed by atoms with van der Waals surface area (Å²) in [5.74, 6) is 0. The predicted molar refractivity (Wildman–Crippen MR) is 107 cm³/mol. The molecule has 0 radical (unpaired) electrons. The third kappa shape index (κ3) is 6.08. The van der Waals surface area contributed by atoms with Gasteiger partial charge in [0.15, 0.2) is 0 Å². The van der Waals surface area contributed by atoms with Gasteiger partial charge in [0.2, 0.25) is 0 Å². The minimum atomic E-state index is -0.924. The van der Waals surface area contributed by atoms with Gasteiger partial charge in [0.05, 0.1) is 13.1 Å². The molecule has 0 unspecified atom stereocenters. The molecule has 160 valence electrons. The van der Waals surface area contributed by atoms with Crippen LogP contribution >= 0.6 is 0 Å². The average molecular weight is 405 g/mol. The minimum Gasteiger partial charge on any atom is -0.445 e. The normalized spacial score (nSPS) is 19.4. The van der Waals surface area contributed by atoms with Gasteiger partial charge in [-0.2, -0.15) is 0 Å². The first-order valence-electron chi connectivity index (χ1n) is 10.0. The van der Waals surface area contributed by atoms with Crippen LogP contribution < -0.4 is 0 Å². The van der Waals surface area contributed by atoms with E-state index in [-0.39, 0.29) is 25.8 Å². The molecule has 0 aliphatic carbocycles. The molecule has 2 aliphatic rings. The van der Waals surface area contributed by atoms with E-state index in [4.69, 9.17) is 9.47 Å². The number of piperazine rings is 1. The molecule has 0 atom stereocenters. The third-order valence-electron chi connectivity index (χ3n) is 4.98. The Morgan fingerprint density at radius 3 is 2.21 bits per heavy atom. The van der Waals surface area contributed by atoms with Gasteiger partial charge in [-0.05, 0) is 26.3 Å². The van der Waals surface area contributed by atoms with E-state index in [1.165, 1.54) is 4.90 Å². The standard InChI is InChI=1S/C21H31N3O5/c1-20(2,3)29-19(26)24-15-21(27,16-24)14-22-9-11-23(12-10-22)18(25)28-13-17-7-5-4-6-8-17/h4-8,27H,9-16H2,1-3H3. The van der Waals surface area contributed by atoms with Crippen molar-refractivity contribution in [3.8, 4) is 0 Å². The lowest BCUT2D eigenvalue weighted by Crippen LogP contribution is -2.68. The summed E-state index contributed by atoms with van der Waals surface area (Å²) in [4.78, 5) is 29.6. The maximum absolute atomic E-state index is 12.2. The van der Waals surface area contributed by atoms with Gasteiger partial charge in [0.1, 0.15) is 17.8 Å². The Kier molecular flexibility index (Phi) is 6.33. The largest absolute Gasteiger partial charge is 0.445 e. The van der Waals surface area contributed by atoms with E-state index in [1.807, 2.05) is 51.1 Å². The fourth-order valence-electron chi connectivity index (χ4n) is 3.54. The molecule has 2 fully saturated rings. The number of ether oxygens (including phenoxy) is 2. The number of β-amino-alcohol motifs (C(OH)–C–C–N with tert-alkyl or cyclic N) is 1. The van der Waals surface area contributed by atoms with Crippen molar-refractivity contribution >= 4 is 12.2 Å². The second-order valence-corrected chi connectivity index (χ2v) is 8.86. The second kappa shape index (κ2) is 8.59. The molecule has 1 aromatic rings. The van der Waals surface area contributed by atoms with Crippen LogP contribution in [0.4, 0.5) is 9.59 Å². The molecule has 0 spiro atoms. The van der Waals surface area contributed by atoms with Gasteiger partial charge in [-0.3, -0.25) is 4.90 Å². The van der Waals surface area contributed by atoms with Gasteiger partial charge in [0, 0.05) is 32.7 Å². The Hall–Kier alpha value is -2.32. The van der Waals surface area contributed by atoms with Crippen molar-refractivity contribution in [2.45, 2.75) is 38.6 Å². The topological polar surface area (TPSA) is 82.5 Å². The number of hydrogen-bond acceptors (Lipinski definition) is 6. The summed E-state index contributed by atoms with van der Waals surface area (Å²) in [6.07, 6.45) is -0.708. The molecule has 8 nitrogen and oxygen atoms in total. The quantitative estimate of drug-likeness (QED) is 0.824. The van der Waals surface area contributed by atoms with Crippen molar-refractivity contribution in [3.05, 3.63) is 35.9 Å². The minimum absolute atomic E-state index is 0.264. The molecule has 0 saturated carbocycles. The predicted octanol–water partition coefficient (Wildman–Crippen LogP) is 1.92. The first kappa shape index (κ1) is 21.4. The van der Waals surface area contributed by atoms with Gasteiger partial charge in [-0.15, -0.1) is 0 Å². The van der Waals surface area contributed by atoms with Crippen molar-refractivity contribution in [2.75, 3.05) is 45.8 Å². The number of carbonyl (C=O) groups is 2. The molecular formula is C21H31N3O5. The molecule has 0 bridgehead atoms. The number of benzene rings is 1. The van der Waals surface area contributed by atoms with Crippen LogP contribution in [0, 0.1) is 0 Å². The summed E-state index contributed by atoms with van der Waals surface area (Å²) >= 11 is 0. The maximum Gasteiger partial charge on any atom is 0.410 e. The van der Waals surface area contributed by atoms with Crippen molar-refractivity contribution in [2.24, 2.45) is 0 Å². The lowest BCUT2D eigenvalue weighted by Gasteiger charge is -2.49. The lowest BCUT2D eigenvalue weighted by molar-refractivity contribution is -0.114. The Labute approximate surface area is 172 Å². The van der Waals surface area contributed by atoms with Crippen LogP contribution in [-0.4, -0.2) is 89.0 Å². The number of rotatable bonds is 4. The Morgan fingerprint density at radius 2 is 1.62 bits per heavy atom. The van der Waals surface area contributed by atoms with Gasteiger partial charge in [-0.1, -0.05) is 30.3 Å². The van der Waals surface area contributed by atoms with Gasteiger partial charge in [0.25, 0.3) is 0 Å². The zero-order valence-electron chi connectivity index (χ0n) is 17.5. The molecule has 0 aromatic heterocycles. The smallest absolute Gasteiger partial charge is 0.410 e. The molecule has 3 rings (SSSR count). The van der Waals surface area contributed by atoms with Gasteiger partial charge in [-0.25, -0.2) is 9.59 Å². The highest BCUT2D eigenvalue weighted by atomic mass is 16.6. The van der Waals surface area contributed by atoms with Crippen molar-refractivity contribution in [1.29, 1.82) is 0 Å². The van der Waals surface area contributed by atoms with Crippen LogP contribution in [0.3, 0.4) is 0 Å². The van der Waals surface area contributed by atoms with Crippen LogP contribution in [0.25, 0.3) is 0 Å². The van der Waals surface area contributed by atoms with Crippen LogP contribution in [-0.2, 0) is 16.1 Å². The maximum atomic E-state index is 12.2. The molecule has 8 heteroatoms. The second-order valence-electron chi connectivity index (χ2n) is 8.86.